The summed E-state index contributed by atoms with van der Waals surface area (Å²) in [5.74, 6) is -1.13. The van der Waals surface area contributed by atoms with Gasteiger partial charge in [-0.3, -0.25) is 39.2 Å². The van der Waals surface area contributed by atoms with Crippen molar-refractivity contribution < 1.29 is 19.2 Å². The Balaban J connectivity index is 1.28. The number of primary amides is 2. The number of aromatic nitrogens is 8. The van der Waals surface area contributed by atoms with Gasteiger partial charge in [-0.2, -0.15) is 10.2 Å². The Hall–Kier alpha value is -6.32. The number of rotatable bonds is 3. The highest BCUT2D eigenvalue weighted by molar-refractivity contribution is 6.05. The molecule has 53 heavy (non-hydrogen) atoms. The van der Waals surface area contributed by atoms with E-state index in [2.05, 4.69) is 20.8 Å². The molecule has 7 rings (SSSR count). The summed E-state index contributed by atoms with van der Waals surface area (Å²) in [6.45, 7) is 7.71. The Morgan fingerprint density at radius 2 is 1.30 bits per heavy atom. The lowest BCUT2D eigenvalue weighted by atomic mass is 10.0. The van der Waals surface area contributed by atoms with Crippen molar-refractivity contribution in [2.45, 2.75) is 85.5 Å². The molecule has 6 aromatic rings. The number of imidazole rings is 2. The molecule has 1 aliphatic heterocycles. The van der Waals surface area contributed by atoms with Gasteiger partial charge in [-0.1, -0.05) is 6.42 Å². The smallest absolute Gasteiger partial charge is 0.276 e. The van der Waals surface area contributed by atoms with Crippen LogP contribution >= 0.6 is 0 Å². The van der Waals surface area contributed by atoms with Crippen molar-refractivity contribution in [3.05, 3.63) is 81.9 Å². The lowest BCUT2D eigenvalue weighted by molar-refractivity contribution is 0.0992. The van der Waals surface area contributed by atoms with E-state index in [9.17, 15) is 19.2 Å². The lowest BCUT2D eigenvalue weighted by Crippen LogP contribution is -2.21. The number of hydrogen-bond acceptors (Lipinski definition) is 8. The van der Waals surface area contributed by atoms with Crippen LogP contribution in [0.1, 0.15) is 97.7 Å². The Bertz CT molecular complexity index is 2410. The topological polar surface area (TPSA) is 216 Å². The van der Waals surface area contributed by atoms with Gasteiger partial charge in [0, 0.05) is 42.9 Å². The first-order chi connectivity index (χ1) is 25.5. The molecule has 6 N–H and O–H groups in total. The fourth-order valence-corrected chi connectivity index (χ4v) is 7.12. The summed E-state index contributed by atoms with van der Waals surface area (Å²) < 4.78 is 7.29. The molecule has 0 aliphatic carbocycles. The first-order valence-electron chi connectivity index (χ1n) is 17.9. The normalized spacial score (nSPS) is 14.8. The monoisotopic (exact) mass is 718 g/mol. The number of hydrogen-bond donors (Lipinski definition) is 4. The Labute approximate surface area is 304 Å². The molecule has 2 aromatic carbocycles. The van der Waals surface area contributed by atoms with E-state index in [0.717, 1.165) is 47.2 Å². The third kappa shape index (κ3) is 6.86. The van der Waals surface area contributed by atoms with Crippen LogP contribution in [0.4, 0.5) is 11.9 Å². The van der Waals surface area contributed by atoms with Gasteiger partial charge in [0.1, 0.15) is 11.4 Å². The van der Waals surface area contributed by atoms with Crippen LogP contribution in [0.3, 0.4) is 0 Å². The zero-order valence-electron chi connectivity index (χ0n) is 30.0. The van der Waals surface area contributed by atoms with Gasteiger partial charge in [0.2, 0.25) is 23.7 Å². The maximum Gasteiger partial charge on any atom is 0.276 e. The highest BCUT2D eigenvalue weighted by Gasteiger charge is 2.24. The highest BCUT2D eigenvalue weighted by Crippen LogP contribution is 2.27. The van der Waals surface area contributed by atoms with Crippen LogP contribution in [0.5, 0.6) is 0 Å². The zero-order valence-corrected chi connectivity index (χ0v) is 30.0. The van der Waals surface area contributed by atoms with Crippen molar-refractivity contribution in [2.75, 3.05) is 10.6 Å². The van der Waals surface area contributed by atoms with E-state index >= 15 is 0 Å². The van der Waals surface area contributed by atoms with E-state index < -0.39 is 11.8 Å². The average Bonchev–Trinajstić information content (AvgIpc) is 3.86. The van der Waals surface area contributed by atoms with Crippen LogP contribution < -0.4 is 22.1 Å². The molecule has 0 fully saturated rings. The van der Waals surface area contributed by atoms with E-state index in [0.29, 0.717) is 90.9 Å². The van der Waals surface area contributed by atoms with Crippen LogP contribution in [-0.2, 0) is 32.6 Å². The van der Waals surface area contributed by atoms with Crippen LogP contribution in [0.15, 0.2) is 42.5 Å². The molecule has 4 amide bonds. The van der Waals surface area contributed by atoms with E-state index in [1.165, 1.54) is 0 Å². The molecule has 16 heteroatoms. The summed E-state index contributed by atoms with van der Waals surface area (Å²) in [7, 11) is 0. The minimum absolute atomic E-state index is 0.312. The second kappa shape index (κ2) is 14.4. The number of anilines is 2. The summed E-state index contributed by atoms with van der Waals surface area (Å²) in [6, 6.07) is 11.9. The third-order valence-electron chi connectivity index (χ3n) is 9.73. The third-order valence-corrected chi connectivity index (χ3v) is 9.73. The number of nitrogens with two attached hydrogens (primary N) is 2. The quantitative estimate of drug-likeness (QED) is 0.206. The number of carbonyl (C=O) groups is 4. The Morgan fingerprint density at radius 3 is 1.87 bits per heavy atom. The largest absolute Gasteiger partial charge is 0.366 e. The summed E-state index contributed by atoms with van der Waals surface area (Å²) in [6.07, 6.45) is 4.31. The van der Waals surface area contributed by atoms with Gasteiger partial charge in [0.15, 0.2) is 0 Å². The number of fused-ring (bicyclic) bond motifs is 8. The summed E-state index contributed by atoms with van der Waals surface area (Å²) in [5, 5.41) is 15.4. The van der Waals surface area contributed by atoms with Gasteiger partial charge >= 0.3 is 0 Å². The molecule has 0 saturated carbocycles. The molecule has 16 nitrogen and oxygen atoms in total. The summed E-state index contributed by atoms with van der Waals surface area (Å²) in [5.41, 5.74) is 17.6. The summed E-state index contributed by atoms with van der Waals surface area (Å²) >= 11 is 0. The number of nitrogens with zero attached hydrogens (tertiary/aromatic N) is 8. The molecule has 4 aromatic heterocycles. The minimum atomic E-state index is -0.574. The van der Waals surface area contributed by atoms with Crippen LogP contribution in [0.2, 0.25) is 0 Å². The highest BCUT2D eigenvalue weighted by atomic mass is 16.2. The van der Waals surface area contributed by atoms with Crippen molar-refractivity contribution >= 4 is 57.6 Å². The molecule has 1 aliphatic rings. The first kappa shape index (κ1) is 35.1. The summed E-state index contributed by atoms with van der Waals surface area (Å²) in [4.78, 5) is 61.4. The number of benzene rings is 2. The van der Waals surface area contributed by atoms with E-state index in [1.54, 1.807) is 51.8 Å². The molecule has 5 heterocycles. The molecule has 0 spiro atoms. The van der Waals surface area contributed by atoms with Gasteiger partial charge in [-0.15, -0.1) is 0 Å². The molecule has 0 radical (unpaired) electrons. The van der Waals surface area contributed by atoms with E-state index in [1.807, 2.05) is 29.9 Å². The van der Waals surface area contributed by atoms with Gasteiger partial charge in [-0.05, 0) is 95.3 Å². The number of carbonyl (C=O) groups excluding carboxylic acids is 4. The van der Waals surface area contributed by atoms with Gasteiger partial charge in [0.25, 0.3) is 11.8 Å². The Kier molecular flexibility index (Phi) is 9.51. The predicted molar refractivity (Wildman–Crippen MR) is 199 cm³/mol. The van der Waals surface area contributed by atoms with Crippen molar-refractivity contribution in [1.29, 1.82) is 0 Å². The van der Waals surface area contributed by atoms with E-state index in [-0.39, 0.29) is 11.8 Å². The van der Waals surface area contributed by atoms with Crippen molar-refractivity contribution in [3.63, 3.8) is 0 Å². The maximum absolute atomic E-state index is 14.1. The van der Waals surface area contributed by atoms with E-state index in [4.69, 9.17) is 21.4 Å². The molecule has 0 atom stereocenters. The molecular weight excluding hydrogens is 676 g/mol. The van der Waals surface area contributed by atoms with Crippen molar-refractivity contribution in [1.82, 2.24) is 38.7 Å². The van der Waals surface area contributed by atoms with Crippen LogP contribution in [-0.4, -0.2) is 62.3 Å². The molecule has 0 bridgehead atoms. The fraction of sp³-hybridized carbons (Fsp3) is 0.351. The lowest BCUT2D eigenvalue weighted by Gasteiger charge is -2.13. The second-order valence-corrected chi connectivity index (χ2v) is 13.4. The Morgan fingerprint density at radius 1 is 0.736 bits per heavy atom. The standard InChI is InChI=1S/C37H42N12O4/c1-4-48-31-25(22(3)45-48)10-6-5-7-17-49-30(18-21(2)44-49)34(52)42-36-40-26-19-23(32(38)50)11-13-28(26)46(36)15-8-9-16-47-29-14-12-24(33(39)51)20-27(29)41-37(47)43-35(31)53/h11-14,18-20H,4-10,15-17H2,1-3H3,(H2,38,50)(H2,39,51)(H,40,42,52)(H,41,43,53). The first-order valence-corrected chi connectivity index (χ1v) is 17.9. The molecule has 0 saturated heterocycles. The minimum Gasteiger partial charge on any atom is -0.366 e. The predicted octanol–water partition coefficient (Wildman–Crippen LogP) is 4.32. The number of aryl methyl sites for hydroxylation is 6. The SMILES string of the molecule is CCn1nc(C)c2c1C(=O)Nc1nc3cc(C(N)=O)ccc3n1CCCCn1c(nc3cc(C(N)=O)ccc31)NC(=O)c1cc(C)nn1CCCCC2. The molecule has 274 valence electrons. The maximum atomic E-state index is 14.1. The van der Waals surface area contributed by atoms with Crippen molar-refractivity contribution in [3.8, 4) is 0 Å². The van der Waals surface area contributed by atoms with Gasteiger partial charge < -0.3 is 20.6 Å². The van der Waals surface area contributed by atoms with Crippen molar-refractivity contribution in [2.24, 2.45) is 11.5 Å². The van der Waals surface area contributed by atoms with Gasteiger partial charge in [0.05, 0.1) is 33.5 Å². The average molecular weight is 719 g/mol. The number of nitrogens with one attached hydrogen (secondary N) is 2. The second-order valence-electron chi connectivity index (χ2n) is 13.4. The van der Waals surface area contributed by atoms with Gasteiger partial charge in [-0.25, -0.2) is 9.97 Å². The zero-order chi connectivity index (χ0) is 37.4. The van der Waals surface area contributed by atoms with Crippen LogP contribution in [0, 0.1) is 13.8 Å². The molecular formula is C37H42N12O4. The fourth-order valence-electron chi connectivity index (χ4n) is 7.12. The van der Waals surface area contributed by atoms with Crippen LogP contribution in [0.25, 0.3) is 22.1 Å². The molecule has 0 unspecified atom stereocenters. The number of amides is 4.